The first-order chi connectivity index (χ1) is 42.2. The summed E-state index contributed by atoms with van der Waals surface area (Å²) in [6.07, 6.45) is 4.18. The number of fused-ring (bicyclic) bond motifs is 10. The van der Waals surface area contributed by atoms with Gasteiger partial charge >= 0.3 is 0 Å². The van der Waals surface area contributed by atoms with Crippen LogP contribution in [0.1, 0.15) is 115 Å². The maximum atomic E-state index is 13.4. The molecule has 5 N–H and O–H groups in total. The van der Waals surface area contributed by atoms with Crippen molar-refractivity contribution in [2.45, 2.75) is 30.6 Å². The van der Waals surface area contributed by atoms with Gasteiger partial charge in [-0.2, -0.15) is 0 Å². The predicted octanol–water partition coefficient (Wildman–Crippen LogP) is 13.5. The van der Waals surface area contributed by atoms with Gasteiger partial charge in [0.05, 0.1) is 22.4 Å². The third-order valence-electron chi connectivity index (χ3n) is 17.9. The number of piperidine rings is 1. The van der Waals surface area contributed by atoms with Crippen LogP contribution in [0.4, 0.5) is 11.4 Å². The monoisotopic (exact) mass is 1190 g/mol. The Morgan fingerprint density at radius 1 is 0.563 bits per heavy atom. The van der Waals surface area contributed by atoms with Crippen molar-refractivity contribution in [1.82, 2.24) is 19.9 Å². The molecule has 3 amide bonds. The van der Waals surface area contributed by atoms with E-state index in [1.165, 1.54) is 6.92 Å². The number of phenols is 2. The van der Waals surface area contributed by atoms with Crippen molar-refractivity contribution >= 4 is 131 Å². The van der Waals surface area contributed by atoms with Crippen LogP contribution < -0.4 is 9.80 Å². The molecule has 430 valence electrons. The zero-order chi connectivity index (χ0) is 60.2. The van der Waals surface area contributed by atoms with E-state index in [1.54, 1.807) is 87.5 Å². The highest BCUT2D eigenvalue weighted by molar-refractivity contribution is 6.20. The molecule has 0 radical (unpaired) electrons. The number of phenolic OH excluding ortho intramolecular Hbond substituents is 2. The summed E-state index contributed by atoms with van der Waals surface area (Å²) in [7, 11) is 0. The Labute approximate surface area is 506 Å². The SMILES string of the molecule is CC(=O)c1ccc2[nH]c(C(=O)N3C[C@@H](CCl)c4c3cc(O)c3ccccc43)cc2c1.O=Cc1cccc2cc(C(=O)N3C[C@@H](CCl)c4c3cc(O)c3ccccc43)[nH]c12.O=Cc1cccc2cc(C(=O)N3C[C@H]4C[C@@]45C3=CC(=O)c3ccccc35)[nH]c12. The van der Waals surface area contributed by atoms with Gasteiger partial charge in [0.25, 0.3) is 17.7 Å². The Bertz CT molecular complexity index is 4850. The number of ketones is 2. The van der Waals surface area contributed by atoms with Gasteiger partial charge < -0.3 is 39.9 Å². The van der Waals surface area contributed by atoms with Gasteiger partial charge in [-0.15, -0.1) is 23.2 Å². The minimum atomic E-state index is -0.221. The van der Waals surface area contributed by atoms with Crippen molar-refractivity contribution in [3.8, 4) is 11.5 Å². The number of nitrogens with zero attached hydrogens (tertiary/aromatic N) is 3. The molecule has 17 heteroatoms. The number of aromatic amines is 3. The fourth-order valence-electron chi connectivity index (χ4n) is 13.8. The molecular weight excluding hydrogens is 1140 g/mol. The number of likely N-dealkylation sites (tertiary alicyclic amines) is 1. The van der Waals surface area contributed by atoms with Crippen LogP contribution >= 0.6 is 23.2 Å². The molecule has 16 rings (SSSR count). The molecular formula is C70H52Cl2N6O9. The number of halogens is 2. The van der Waals surface area contributed by atoms with E-state index in [-0.39, 0.29) is 58.0 Å². The number of anilines is 2. The predicted molar refractivity (Wildman–Crippen MR) is 337 cm³/mol. The minimum Gasteiger partial charge on any atom is -0.507 e. The van der Waals surface area contributed by atoms with Gasteiger partial charge in [0, 0.05) is 127 Å². The third kappa shape index (κ3) is 8.81. The number of allylic oxidation sites excluding steroid dienone is 2. The van der Waals surface area contributed by atoms with Gasteiger partial charge in [-0.05, 0) is 95.3 Å². The molecule has 0 bridgehead atoms. The number of nitrogens with one attached hydrogen (secondary N) is 3. The number of carbonyl (C=O) groups is 7. The molecule has 15 nitrogen and oxygen atoms in total. The quantitative estimate of drug-likeness (QED) is 0.0555. The van der Waals surface area contributed by atoms with Gasteiger partial charge in [-0.25, -0.2) is 0 Å². The van der Waals surface area contributed by atoms with Gasteiger partial charge in [-0.1, -0.05) is 97.1 Å². The zero-order valence-corrected chi connectivity index (χ0v) is 48.1. The topological polar surface area (TPSA) is 217 Å². The molecule has 1 saturated carbocycles. The van der Waals surface area contributed by atoms with Crippen LogP contribution in [0.3, 0.4) is 0 Å². The van der Waals surface area contributed by atoms with Gasteiger partial charge in [-0.3, -0.25) is 33.6 Å². The summed E-state index contributed by atoms with van der Waals surface area (Å²) in [6.45, 7) is 3.01. The lowest BCUT2D eigenvalue weighted by molar-refractivity contribution is 0.0805. The summed E-state index contributed by atoms with van der Waals surface area (Å²) in [5.74, 6) is 0.681. The molecule has 2 fully saturated rings. The number of benzene rings is 8. The number of rotatable bonds is 8. The highest BCUT2D eigenvalue weighted by Crippen LogP contribution is 2.66. The van der Waals surface area contributed by atoms with E-state index in [4.69, 9.17) is 23.2 Å². The molecule has 5 aliphatic rings. The van der Waals surface area contributed by atoms with Crippen molar-refractivity contribution in [3.63, 3.8) is 0 Å². The number of carbonyl (C=O) groups excluding carboxylic acids is 7. The highest BCUT2D eigenvalue weighted by atomic mass is 35.5. The number of hydrogen-bond donors (Lipinski definition) is 5. The summed E-state index contributed by atoms with van der Waals surface area (Å²) < 4.78 is 0. The Balaban J connectivity index is 0.000000115. The van der Waals surface area contributed by atoms with Crippen molar-refractivity contribution in [2.24, 2.45) is 5.92 Å². The van der Waals surface area contributed by atoms with Crippen LogP contribution in [-0.4, -0.2) is 103 Å². The zero-order valence-electron chi connectivity index (χ0n) is 46.6. The number of hydrogen-bond acceptors (Lipinski definition) is 9. The summed E-state index contributed by atoms with van der Waals surface area (Å²) in [6, 6.07) is 47.6. The first-order valence-corrected chi connectivity index (χ1v) is 29.5. The Morgan fingerprint density at radius 2 is 1.06 bits per heavy atom. The van der Waals surface area contributed by atoms with Crippen molar-refractivity contribution in [2.75, 3.05) is 41.2 Å². The fraction of sp³-hybridized carbons (Fsp3) is 0.157. The number of H-pyrrole nitrogens is 3. The molecule has 1 saturated heterocycles. The molecule has 1 spiro atoms. The van der Waals surface area contributed by atoms with Crippen LogP contribution in [0, 0.1) is 5.92 Å². The number of aldehydes is 2. The molecule has 4 atom stereocenters. The number of amides is 3. The average molecular weight is 1190 g/mol. The van der Waals surface area contributed by atoms with Crippen molar-refractivity contribution in [1.29, 1.82) is 0 Å². The second kappa shape index (κ2) is 21.2. The van der Waals surface area contributed by atoms with Gasteiger partial charge in [0.1, 0.15) is 28.6 Å². The summed E-state index contributed by atoms with van der Waals surface area (Å²) in [5, 5.41) is 26.8. The van der Waals surface area contributed by atoms with E-state index < -0.39 is 0 Å². The maximum absolute atomic E-state index is 13.4. The number of alkyl halides is 2. The van der Waals surface area contributed by atoms with E-state index in [9.17, 15) is 43.8 Å². The van der Waals surface area contributed by atoms with Crippen LogP contribution in [0.2, 0.25) is 0 Å². The molecule has 8 aromatic carbocycles. The molecule has 2 aliphatic carbocycles. The summed E-state index contributed by atoms with van der Waals surface area (Å²) in [5.41, 5.74) is 10.7. The summed E-state index contributed by atoms with van der Waals surface area (Å²) >= 11 is 12.5. The second-order valence-corrected chi connectivity index (χ2v) is 23.4. The fourth-order valence-corrected chi connectivity index (χ4v) is 14.3. The van der Waals surface area contributed by atoms with Crippen molar-refractivity contribution < 1.29 is 43.8 Å². The van der Waals surface area contributed by atoms with E-state index in [0.717, 1.165) is 90.2 Å². The van der Waals surface area contributed by atoms with E-state index in [0.29, 0.717) is 93.5 Å². The maximum Gasteiger partial charge on any atom is 0.274 e. The lowest BCUT2D eigenvalue weighted by Crippen LogP contribution is -2.33. The van der Waals surface area contributed by atoms with Crippen LogP contribution in [0.5, 0.6) is 11.5 Å². The first-order valence-electron chi connectivity index (χ1n) is 28.4. The Morgan fingerprint density at radius 3 is 1.59 bits per heavy atom. The lowest BCUT2D eigenvalue weighted by Gasteiger charge is -2.29. The largest absolute Gasteiger partial charge is 0.507 e. The Kier molecular flexibility index (Phi) is 13.3. The Hall–Kier alpha value is -10.1. The standard InChI is InChI=1S/C24H19ClN2O3.C23H17ClN2O3.C23H16N2O3/c1-13(28)14-6-7-19-15(8-14)9-20(26-19)24(30)27-12-16(11-25)23-18-5-3-2-4-17(18)22(29)10-21(23)27;24-10-15-11-26(19-9-20(28)16-6-1-2-7-17(16)21(15)19)23(29)18-8-13-4-3-5-14(12-27)22(13)25-18;26-12-14-5-3-4-13-8-18(24-21(13)14)22(28)25-11-15-10-23(15)17-7-2-1-6-16(17)19(27)9-20(23)25/h2-10,16,26,29H,11-12H2,1H3;1-9,12,15,25,28H,10-11H2;1-9,12,15,24H,10-11H2/t16-;15-;15-,23-/m111/s1. The van der Waals surface area contributed by atoms with E-state index in [2.05, 4.69) is 15.0 Å². The van der Waals surface area contributed by atoms with Crippen LogP contribution in [-0.2, 0) is 5.41 Å². The normalized spacial score (nSPS) is 18.5. The van der Waals surface area contributed by atoms with E-state index in [1.807, 2.05) is 91.0 Å². The summed E-state index contributed by atoms with van der Waals surface area (Å²) in [4.78, 5) is 101. The first kappa shape index (κ1) is 54.8. The number of aromatic hydroxyl groups is 2. The smallest absolute Gasteiger partial charge is 0.274 e. The second-order valence-electron chi connectivity index (χ2n) is 22.8. The molecule has 0 unspecified atom stereocenters. The van der Waals surface area contributed by atoms with Crippen LogP contribution in [0.25, 0.3) is 54.3 Å². The lowest BCUT2D eigenvalue weighted by atomic mass is 9.81. The molecule has 11 aromatic rings. The van der Waals surface area contributed by atoms with Gasteiger partial charge in [0.2, 0.25) is 0 Å². The number of Topliss-reactive ketones (excluding diaryl/α,β-unsaturated/α-hetero) is 1. The minimum absolute atomic E-state index is 0.0215. The number of aromatic nitrogens is 3. The highest BCUT2D eigenvalue weighted by Gasteiger charge is 2.67. The average Bonchev–Trinajstić information content (AvgIpc) is 1.51. The molecule has 6 heterocycles. The molecule has 87 heavy (non-hydrogen) atoms. The van der Waals surface area contributed by atoms with Crippen LogP contribution in [0.15, 0.2) is 169 Å². The third-order valence-corrected chi connectivity index (χ3v) is 18.7. The molecule has 3 aliphatic heterocycles. The molecule has 3 aromatic heterocycles. The van der Waals surface area contributed by atoms with E-state index >= 15 is 0 Å². The van der Waals surface area contributed by atoms with Gasteiger partial charge in [0.15, 0.2) is 24.1 Å². The van der Waals surface area contributed by atoms with Crippen molar-refractivity contribution in [3.05, 3.63) is 226 Å². The number of para-hydroxylation sites is 2.